The van der Waals surface area contributed by atoms with E-state index in [-0.39, 0.29) is 5.97 Å². The summed E-state index contributed by atoms with van der Waals surface area (Å²) in [5.41, 5.74) is 0.108. The molecule has 0 amide bonds. The predicted molar refractivity (Wildman–Crippen MR) is 64.3 cm³/mol. The summed E-state index contributed by atoms with van der Waals surface area (Å²) < 4.78 is 15.6. The van der Waals surface area contributed by atoms with Gasteiger partial charge in [0, 0.05) is 18.6 Å². The Morgan fingerprint density at radius 3 is 1.88 bits per heavy atom. The molecular formula is C13H18O4. The van der Waals surface area contributed by atoms with Crippen LogP contribution in [0.25, 0.3) is 0 Å². The van der Waals surface area contributed by atoms with Crippen molar-refractivity contribution in [1.29, 1.82) is 0 Å². The van der Waals surface area contributed by atoms with Crippen LogP contribution in [0.15, 0.2) is 18.2 Å². The van der Waals surface area contributed by atoms with Crippen molar-refractivity contribution in [3.05, 3.63) is 23.8 Å². The molecule has 0 aliphatic carbocycles. The van der Waals surface area contributed by atoms with E-state index in [0.29, 0.717) is 11.5 Å². The van der Waals surface area contributed by atoms with E-state index in [0.717, 1.165) is 5.56 Å². The standard InChI is InChI=1S/C13H18O4/c1-9(14)17-13(2,3)10-6-11(15-4)8-12(7-10)16-5/h6-8H,1-5H3. The van der Waals surface area contributed by atoms with Crippen molar-refractivity contribution in [3.8, 4) is 11.5 Å². The Morgan fingerprint density at radius 2 is 1.53 bits per heavy atom. The summed E-state index contributed by atoms with van der Waals surface area (Å²) in [5, 5.41) is 0. The van der Waals surface area contributed by atoms with Crippen LogP contribution in [-0.4, -0.2) is 20.2 Å². The maximum Gasteiger partial charge on any atom is 0.303 e. The second-order valence-corrected chi connectivity index (χ2v) is 4.21. The maximum absolute atomic E-state index is 11.1. The number of rotatable bonds is 4. The van der Waals surface area contributed by atoms with Gasteiger partial charge in [0.05, 0.1) is 14.2 Å². The third-order valence-corrected chi connectivity index (χ3v) is 2.45. The molecule has 17 heavy (non-hydrogen) atoms. The van der Waals surface area contributed by atoms with Gasteiger partial charge in [-0.25, -0.2) is 0 Å². The molecule has 0 unspecified atom stereocenters. The lowest BCUT2D eigenvalue weighted by atomic mass is 9.97. The Kier molecular flexibility index (Phi) is 3.99. The molecule has 0 fully saturated rings. The fourth-order valence-electron chi connectivity index (χ4n) is 1.57. The van der Waals surface area contributed by atoms with Crippen LogP contribution in [-0.2, 0) is 15.1 Å². The van der Waals surface area contributed by atoms with Gasteiger partial charge in [-0.3, -0.25) is 4.79 Å². The Hall–Kier alpha value is -1.71. The molecule has 0 radical (unpaired) electrons. The monoisotopic (exact) mass is 238 g/mol. The lowest BCUT2D eigenvalue weighted by Gasteiger charge is -2.25. The molecule has 0 saturated carbocycles. The number of methoxy groups -OCH3 is 2. The fraction of sp³-hybridized carbons (Fsp3) is 0.462. The van der Waals surface area contributed by atoms with Crippen molar-refractivity contribution in [3.63, 3.8) is 0 Å². The second-order valence-electron chi connectivity index (χ2n) is 4.21. The zero-order valence-electron chi connectivity index (χ0n) is 10.9. The summed E-state index contributed by atoms with van der Waals surface area (Å²) in [4.78, 5) is 11.1. The molecule has 1 rings (SSSR count). The lowest BCUT2D eigenvalue weighted by molar-refractivity contribution is -0.154. The van der Waals surface area contributed by atoms with Crippen molar-refractivity contribution < 1.29 is 19.0 Å². The van der Waals surface area contributed by atoms with E-state index in [4.69, 9.17) is 14.2 Å². The predicted octanol–water partition coefficient (Wildman–Crippen LogP) is 2.50. The Morgan fingerprint density at radius 1 is 1.06 bits per heavy atom. The SMILES string of the molecule is COc1cc(OC)cc(C(C)(C)OC(C)=O)c1. The summed E-state index contributed by atoms with van der Waals surface area (Å²) in [5.74, 6) is 1.01. The van der Waals surface area contributed by atoms with Gasteiger partial charge in [-0.05, 0) is 26.0 Å². The second kappa shape index (κ2) is 5.08. The highest BCUT2D eigenvalue weighted by atomic mass is 16.6. The van der Waals surface area contributed by atoms with E-state index in [1.165, 1.54) is 6.92 Å². The molecule has 0 spiro atoms. The highest BCUT2D eigenvalue weighted by Crippen LogP contribution is 2.31. The quantitative estimate of drug-likeness (QED) is 0.756. The molecule has 0 aliphatic rings. The van der Waals surface area contributed by atoms with Crippen LogP contribution in [0.3, 0.4) is 0 Å². The first-order valence-electron chi connectivity index (χ1n) is 5.32. The van der Waals surface area contributed by atoms with E-state index < -0.39 is 5.60 Å². The van der Waals surface area contributed by atoms with Gasteiger partial charge in [0.1, 0.15) is 17.1 Å². The molecule has 1 aromatic carbocycles. The van der Waals surface area contributed by atoms with E-state index >= 15 is 0 Å². The summed E-state index contributed by atoms with van der Waals surface area (Å²) >= 11 is 0. The fourth-order valence-corrected chi connectivity index (χ4v) is 1.57. The number of carbonyl (C=O) groups excluding carboxylic acids is 1. The van der Waals surface area contributed by atoms with Crippen LogP contribution in [0, 0.1) is 0 Å². The maximum atomic E-state index is 11.1. The Bertz CT molecular complexity index is 388. The molecule has 1 aromatic rings. The smallest absolute Gasteiger partial charge is 0.303 e. The molecule has 94 valence electrons. The van der Waals surface area contributed by atoms with Gasteiger partial charge in [0.15, 0.2) is 0 Å². The van der Waals surface area contributed by atoms with Crippen LogP contribution in [0.2, 0.25) is 0 Å². The van der Waals surface area contributed by atoms with Gasteiger partial charge < -0.3 is 14.2 Å². The van der Waals surface area contributed by atoms with Gasteiger partial charge in [0.2, 0.25) is 0 Å². The molecular weight excluding hydrogens is 220 g/mol. The van der Waals surface area contributed by atoms with Crippen molar-refractivity contribution in [2.24, 2.45) is 0 Å². The summed E-state index contributed by atoms with van der Waals surface area (Å²) in [6.07, 6.45) is 0. The zero-order chi connectivity index (χ0) is 13.1. The number of hydrogen-bond donors (Lipinski definition) is 0. The van der Waals surface area contributed by atoms with Gasteiger partial charge >= 0.3 is 5.97 Å². The average Bonchev–Trinajstić information content (AvgIpc) is 2.26. The van der Waals surface area contributed by atoms with Gasteiger partial charge in [-0.2, -0.15) is 0 Å². The third kappa shape index (κ3) is 3.37. The van der Waals surface area contributed by atoms with Gasteiger partial charge in [-0.1, -0.05) is 0 Å². The minimum Gasteiger partial charge on any atom is -0.497 e. The van der Waals surface area contributed by atoms with E-state index in [1.54, 1.807) is 20.3 Å². The Balaban J connectivity index is 3.15. The van der Waals surface area contributed by atoms with Crippen molar-refractivity contribution >= 4 is 5.97 Å². The number of esters is 1. The summed E-state index contributed by atoms with van der Waals surface area (Å²) in [6, 6.07) is 5.42. The van der Waals surface area contributed by atoms with Gasteiger partial charge in [0.25, 0.3) is 0 Å². The molecule has 0 N–H and O–H groups in total. The average molecular weight is 238 g/mol. The van der Waals surface area contributed by atoms with Crippen LogP contribution in [0.5, 0.6) is 11.5 Å². The van der Waals surface area contributed by atoms with Crippen LogP contribution < -0.4 is 9.47 Å². The normalized spacial score (nSPS) is 10.9. The molecule has 0 heterocycles. The highest BCUT2D eigenvalue weighted by molar-refractivity contribution is 5.66. The largest absolute Gasteiger partial charge is 0.497 e. The zero-order valence-corrected chi connectivity index (χ0v) is 10.9. The Labute approximate surface area is 101 Å². The van der Waals surface area contributed by atoms with E-state index in [9.17, 15) is 4.79 Å². The van der Waals surface area contributed by atoms with E-state index in [2.05, 4.69) is 0 Å². The minimum absolute atomic E-state index is 0.322. The van der Waals surface area contributed by atoms with Crippen LogP contribution in [0.1, 0.15) is 26.3 Å². The van der Waals surface area contributed by atoms with Crippen molar-refractivity contribution in [2.75, 3.05) is 14.2 Å². The minimum atomic E-state index is -0.715. The first-order chi connectivity index (χ1) is 7.89. The molecule has 0 saturated heterocycles. The van der Waals surface area contributed by atoms with Crippen LogP contribution >= 0.6 is 0 Å². The van der Waals surface area contributed by atoms with Gasteiger partial charge in [-0.15, -0.1) is 0 Å². The molecule has 0 bridgehead atoms. The topological polar surface area (TPSA) is 44.8 Å². The summed E-state index contributed by atoms with van der Waals surface area (Å²) in [6.45, 7) is 5.03. The third-order valence-electron chi connectivity index (χ3n) is 2.45. The molecule has 0 aliphatic heterocycles. The molecule has 0 aromatic heterocycles. The lowest BCUT2D eigenvalue weighted by Crippen LogP contribution is -2.24. The number of ether oxygens (including phenoxy) is 3. The van der Waals surface area contributed by atoms with Crippen molar-refractivity contribution in [2.45, 2.75) is 26.4 Å². The highest BCUT2D eigenvalue weighted by Gasteiger charge is 2.25. The number of hydrogen-bond acceptors (Lipinski definition) is 4. The number of carbonyl (C=O) groups is 1. The van der Waals surface area contributed by atoms with Crippen molar-refractivity contribution in [1.82, 2.24) is 0 Å². The van der Waals surface area contributed by atoms with Crippen LogP contribution in [0.4, 0.5) is 0 Å². The number of benzene rings is 1. The van der Waals surface area contributed by atoms with E-state index in [1.807, 2.05) is 26.0 Å². The molecule has 4 heteroatoms. The first-order valence-corrected chi connectivity index (χ1v) is 5.32. The first kappa shape index (κ1) is 13.4. The molecule has 0 atom stereocenters. The summed E-state index contributed by atoms with van der Waals surface area (Å²) in [7, 11) is 3.16. The molecule has 4 nitrogen and oxygen atoms in total.